The molecule has 1 aromatic carbocycles. The molecule has 0 saturated carbocycles. The molecule has 3 atom stereocenters. The molecular formula is C22H30ClFN4O. The van der Waals surface area contributed by atoms with Crippen LogP contribution in [0.25, 0.3) is 0 Å². The van der Waals surface area contributed by atoms with Gasteiger partial charge in [0.15, 0.2) is 0 Å². The van der Waals surface area contributed by atoms with E-state index in [0.717, 1.165) is 11.3 Å². The number of benzene rings is 1. The van der Waals surface area contributed by atoms with Crippen LogP contribution in [0.5, 0.6) is 0 Å². The van der Waals surface area contributed by atoms with Crippen LogP contribution >= 0.6 is 11.6 Å². The first-order valence-electron chi connectivity index (χ1n) is 9.94. The van der Waals surface area contributed by atoms with Gasteiger partial charge in [-0.2, -0.15) is 5.10 Å². The molecule has 0 bridgehead atoms. The molecule has 7 heteroatoms. The van der Waals surface area contributed by atoms with Crippen LogP contribution in [-0.4, -0.2) is 27.3 Å². The summed E-state index contributed by atoms with van der Waals surface area (Å²) in [5.74, 6) is -0.586. The Morgan fingerprint density at radius 1 is 1.24 bits per heavy atom. The molecule has 0 aliphatic carbocycles. The molecule has 2 aromatic rings. The number of hydrogen-bond donors (Lipinski definition) is 2. The molecule has 0 spiro atoms. The third kappa shape index (κ3) is 4.98. The maximum atomic E-state index is 14.1. The first kappa shape index (κ1) is 21.8. The highest BCUT2D eigenvalue weighted by atomic mass is 35.5. The average molecular weight is 421 g/mol. The second-order valence-corrected chi connectivity index (χ2v) is 10.2. The van der Waals surface area contributed by atoms with Crippen molar-refractivity contribution >= 4 is 17.5 Å². The van der Waals surface area contributed by atoms with E-state index in [9.17, 15) is 9.18 Å². The Bertz CT molecular complexity index is 897. The standard InChI is InChI=1S/C22H30ClFN4O/c1-21(2,3)26-20(29)18-12-14(17-9-10-28(27-17)22(4,5)6)19(25-18)13-7-8-15(23)16(24)11-13/h7-11,14,18-19,25H,12H2,1-6H3,(H,26,29)/t14-,18+,19+/m1/s1. The number of hydrogen-bond acceptors (Lipinski definition) is 3. The number of halogens is 2. The number of rotatable bonds is 3. The van der Waals surface area contributed by atoms with Gasteiger partial charge in [0.05, 0.1) is 22.3 Å². The minimum Gasteiger partial charge on any atom is -0.350 e. The van der Waals surface area contributed by atoms with Crippen molar-refractivity contribution in [1.82, 2.24) is 20.4 Å². The van der Waals surface area contributed by atoms with Crippen LogP contribution in [0.2, 0.25) is 5.02 Å². The monoisotopic (exact) mass is 420 g/mol. The van der Waals surface area contributed by atoms with Crippen LogP contribution in [0.3, 0.4) is 0 Å². The highest BCUT2D eigenvalue weighted by Gasteiger charge is 2.41. The number of aromatic nitrogens is 2. The predicted octanol–water partition coefficient (Wildman–Crippen LogP) is 4.53. The van der Waals surface area contributed by atoms with E-state index in [1.54, 1.807) is 12.1 Å². The summed E-state index contributed by atoms with van der Waals surface area (Å²) in [7, 11) is 0. The van der Waals surface area contributed by atoms with Gasteiger partial charge in [-0.25, -0.2) is 4.39 Å². The number of nitrogens with one attached hydrogen (secondary N) is 2. The zero-order valence-corrected chi connectivity index (χ0v) is 18.6. The van der Waals surface area contributed by atoms with E-state index in [-0.39, 0.29) is 40.0 Å². The molecule has 2 heterocycles. The van der Waals surface area contributed by atoms with Crippen molar-refractivity contribution in [1.29, 1.82) is 0 Å². The fourth-order valence-electron chi connectivity index (χ4n) is 3.67. The van der Waals surface area contributed by atoms with Gasteiger partial charge < -0.3 is 5.32 Å². The molecule has 0 unspecified atom stereocenters. The third-order valence-electron chi connectivity index (χ3n) is 5.07. The van der Waals surface area contributed by atoms with Gasteiger partial charge in [0.25, 0.3) is 0 Å². The summed E-state index contributed by atoms with van der Waals surface area (Å²) in [6, 6.07) is 6.17. The zero-order valence-electron chi connectivity index (χ0n) is 17.9. The van der Waals surface area contributed by atoms with Crippen molar-refractivity contribution in [3.05, 3.63) is 52.6 Å². The lowest BCUT2D eigenvalue weighted by Crippen LogP contribution is -2.48. The second kappa shape index (κ2) is 7.73. The highest BCUT2D eigenvalue weighted by molar-refractivity contribution is 6.30. The topological polar surface area (TPSA) is 59.0 Å². The van der Waals surface area contributed by atoms with Crippen LogP contribution in [0.15, 0.2) is 30.5 Å². The molecule has 1 aromatic heterocycles. The maximum absolute atomic E-state index is 14.1. The SMILES string of the molecule is CC(C)(C)NC(=O)[C@@H]1C[C@H](c2ccn(C(C)(C)C)n2)[C@H](c2ccc(Cl)c(F)c2)N1. The van der Waals surface area contributed by atoms with Gasteiger partial charge in [-0.3, -0.25) is 14.8 Å². The third-order valence-corrected chi connectivity index (χ3v) is 5.37. The molecule has 1 saturated heterocycles. The van der Waals surface area contributed by atoms with Gasteiger partial charge in [-0.1, -0.05) is 17.7 Å². The Kier molecular flexibility index (Phi) is 5.80. The molecule has 1 aliphatic rings. The Morgan fingerprint density at radius 3 is 2.48 bits per heavy atom. The van der Waals surface area contributed by atoms with Crippen LogP contribution in [0.4, 0.5) is 4.39 Å². The van der Waals surface area contributed by atoms with E-state index in [0.29, 0.717) is 6.42 Å². The predicted molar refractivity (Wildman–Crippen MR) is 114 cm³/mol. The van der Waals surface area contributed by atoms with E-state index in [4.69, 9.17) is 16.7 Å². The summed E-state index contributed by atoms with van der Waals surface area (Å²) in [4.78, 5) is 12.8. The van der Waals surface area contributed by atoms with Gasteiger partial charge in [0.1, 0.15) is 5.82 Å². The summed E-state index contributed by atoms with van der Waals surface area (Å²) in [5.41, 5.74) is 1.17. The molecule has 29 heavy (non-hydrogen) atoms. The van der Waals surface area contributed by atoms with Crippen molar-refractivity contribution < 1.29 is 9.18 Å². The van der Waals surface area contributed by atoms with Crippen LogP contribution in [0.1, 0.15) is 71.2 Å². The Hall–Kier alpha value is -1.92. The molecule has 5 nitrogen and oxygen atoms in total. The first-order chi connectivity index (χ1) is 13.3. The quantitative estimate of drug-likeness (QED) is 0.766. The summed E-state index contributed by atoms with van der Waals surface area (Å²) in [6.45, 7) is 12.1. The second-order valence-electron chi connectivity index (χ2n) is 9.81. The van der Waals surface area contributed by atoms with Crippen molar-refractivity contribution in [2.24, 2.45) is 0 Å². The lowest BCUT2D eigenvalue weighted by Gasteiger charge is -2.23. The summed E-state index contributed by atoms with van der Waals surface area (Å²) in [5, 5.41) is 11.3. The van der Waals surface area contributed by atoms with E-state index in [1.807, 2.05) is 37.7 Å². The molecule has 3 rings (SSSR count). The molecule has 1 amide bonds. The van der Waals surface area contributed by atoms with Crippen LogP contribution in [-0.2, 0) is 10.3 Å². The lowest BCUT2D eigenvalue weighted by atomic mass is 9.90. The van der Waals surface area contributed by atoms with Gasteiger partial charge in [0, 0.05) is 23.7 Å². The zero-order chi connectivity index (χ0) is 21.6. The maximum Gasteiger partial charge on any atom is 0.237 e. The number of carbonyl (C=O) groups excluding carboxylic acids is 1. The minimum atomic E-state index is -0.465. The number of carbonyl (C=O) groups is 1. The van der Waals surface area contributed by atoms with Crippen LogP contribution < -0.4 is 10.6 Å². The van der Waals surface area contributed by atoms with Gasteiger partial charge >= 0.3 is 0 Å². The fraction of sp³-hybridized carbons (Fsp3) is 0.545. The number of amides is 1. The average Bonchev–Trinajstić information content (AvgIpc) is 3.21. The molecule has 1 fully saturated rings. The normalized spacial score (nSPS) is 22.7. The van der Waals surface area contributed by atoms with Gasteiger partial charge in [-0.15, -0.1) is 0 Å². The first-order valence-corrected chi connectivity index (χ1v) is 10.3. The highest BCUT2D eigenvalue weighted by Crippen LogP contribution is 2.40. The molecule has 0 radical (unpaired) electrons. The van der Waals surface area contributed by atoms with E-state index >= 15 is 0 Å². The summed E-state index contributed by atoms with van der Waals surface area (Å²) < 4.78 is 16.1. The lowest BCUT2D eigenvalue weighted by molar-refractivity contribution is -0.124. The summed E-state index contributed by atoms with van der Waals surface area (Å²) in [6.07, 6.45) is 2.54. The van der Waals surface area contributed by atoms with Crippen molar-refractivity contribution in [2.75, 3.05) is 0 Å². The van der Waals surface area contributed by atoms with Crippen molar-refractivity contribution in [3.8, 4) is 0 Å². The van der Waals surface area contributed by atoms with Crippen molar-refractivity contribution in [2.45, 2.75) is 77.0 Å². The van der Waals surface area contributed by atoms with E-state index in [1.165, 1.54) is 6.07 Å². The van der Waals surface area contributed by atoms with Crippen LogP contribution in [0, 0.1) is 5.82 Å². The van der Waals surface area contributed by atoms with Crippen molar-refractivity contribution in [3.63, 3.8) is 0 Å². The van der Waals surface area contributed by atoms with Gasteiger partial charge in [-0.05, 0) is 71.7 Å². The Balaban J connectivity index is 1.94. The number of nitrogens with zero attached hydrogens (tertiary/aromatic N) is 2. The largest absolute Gasteiger partial charge is 0.350 e. The summed E-state index contributed by atoms with van der Waals surface area (Å²) >= 11 is 5.87. The Morgan fingerprint density at radius 2 is 1.93 bits per heavy atom. The molecular weight excluding hydrogens is 391 g/mol. The van der Waals surface area contributed by atoms with Gasteiger partial charge in [0.2, 0.25) is 5.91 Å². The smallest absolute Gasteiger partial charge is 0.237 e. The molecule has 1 aliphatic heterocycles. The van der Waals surface area contributed by atoms with E-state index < -0.39 is 5.82 Å². The molecule has 158 valence electrons. The fourth-order valence-corrected chi connectivity index (χ4v) is 3.78. The molecule has 2 N–H and O–H groups in total. The van der Waals surface area contributed by atoms with E-state index in [2.05, 4.69) is 31.4 Å². The Labute approximate surface area is 177 Å². The minimum absolute atomic E-state index is 0.0603.